The van der Waals surface area contributed by atoms with Gasteiger partial charge in [-0.05, 0) is 19.8 Å². The third-order valence-corrected chi connectivity index (χ3v) is 3.04. The number of imidazole rings is 2. The van der Waals surface area contributed by atoms with Gasteiger partial charge in [0.25, 0.3) is 0 Å². The number of nitrogens with two attached hydrogens (primary N) is 1. The molecule has 0 unspecified atom stereocenters. The van der Waals surface area contributed by atoms with Crippen LogP contribution in [0.5, 0.6) is 0 Å². The van der Waals surface area contributed by atoms with E-state index in [0.717, 1.165) is 36.1 Å². The third kappa shape index (κ3) is 2.12. The maximum Gasteiger partial charge on any atom is 0.133 e. The molecule has 2 N–H and O–H groups in total. The predicted molar refractivity (Wildman–Crippen MR) is 73.1 cm³/mol. The molecule has 0 aliphatic carbocycles. The van der Waals surface area contributed by atoms with Crippen LogP contribution >= 0.6 is 0 Å². The van der Waals surface area contributed by atoms with Crippen molar-refractivity contribution in [2.24, 2.45) is 5.92 Å². The number of aromatic nitrogens is 4. The molecule has 2 rings (SSSR count). The van der Waals surface area contributed by atoms with Crippen molar-refractivity contribution in [3.63, 3.8) is 0 Å². The second-order valence-corrected chi connectivity index (χ2v) is 4.96. The van der Waals surface area contributed by atoms with Crippen LogP contribution in [0, 0.1) is 12.8 Å². The monoisotopic (exact) mass is 247 g/mol. The SMILES string of the molecule is CCn1cncc1-c1nc(C)n(CC(C)C)c1N. The summed E-state index contributed by atoms with van der Waals surface area (Å²) in [7, 11) is 0. The fraction of sp³-hybridized carbons (Fsp3) is 0.538. The van der Waals surface area contributed by atoms with E-state index in [1.165, 1.54) is 0 Å². The molecule has 0 bridgehead atoms. The third-order valence-electron chi connectivity index (χ3n) is 3.04. The van der Waals surface area contributed by atoms with Crippen LogP contribution in [0.15, 0.2) is 12.5 Å². The number of anilines is 1. The lowest BCUT2D eigenvalue weighted by Gasteiger charge is -2.10. The standard InChI is InChI=1S/C13H21N5/c1-5-17-8-15-6-11(17)12-13(14)18(7-9(2)3)10(4)16-12/h6,8-9H,5,7,14H2,1-4H3. The van der Waals surface area contributed by atoms with Gasteiger partial charge in [0.15, 0.2) is 0 Å². The first-order chi connectivity index (χ1) is 8.54. The average Bonchev–Trinajstić information content (AvgIpc) is 2.88. The van der Waals surface area contributed by atoms with Crippen LogP contribution in [0.1, 0.15) is 26.6 Å². The van der Waals surface area contributed by atoms with Gasteiger partial charge in [-0.3, -0.25) is 0 Å². The van der Waals surface area contributed by atoms with Crippen molar-refractivity contribution in [3.05, 3.63) is 18.3 Å². The van der Waals surface area contributed by atoms with Crippen molar-refractivity contribution in [2.45, 2.75) is 40.8 Å². The summed E-state index contributed by atoms with van der Waals surface area (Å²) >= 11 is 0. The van der Waals surface area contributed by atoms with Gasteiger partial charge in [-0.1, -0.05) is 13.8 Å². The summed E-state index contributed by atoms with van der Waals surface area (Å²) in [5, 5.41) is 0. The summed E-state index contributed by atoms with van der Waals surface area (Å²) in [5.41, 5.74) is 8.05. The van der Waals surface area contributed by atoms with Crippen molar-refractivity contribution in [3.8, 4) is 11.4 Å². The number of nitrogens with zero attached hydrogens (tertiary/aromatic N) is 4. The van der Waals surface area contributed by atoms with E-state index in [1.807, 2.05) is 19.4 Å². The Morgan fingerprint density at radius 1 is 1.39 bits per heavy atom. The summed E-state index contributed by atoms with van der Waals surface area (Å²) in [6, 6.07) is 0. The normalized spacial score (nSPS) is 11.4. The van der Waals surface area contributed by atoms with E-state index in [4.69, 9.17) is 5.73 Å². The fourth-order valence-electron chi connectivity index (χ4n) is 2.14. The molecular weight excluding hydrogens is 226 g/mol. The molecule has 98 valence electrons. The van der Waals surface area contributed by atoms with Crippen LogP contribution in [-0.2, 0) is 13.1 Å². The van der Waals surface area contributed by atoms with E-state index in [1.54, 1.807) is 0 Å². The lowest BCUT2D eigenvalue weighted by Crippen LogP contribution is -2.09. The van der Waals surface area contributed by atoms with Gasteiger partial charge in [0.2, 0.25) is 0 Å². The molecule has 2 aromatic heterocycles. The van der Waals surface area contributed by atoms with Crippen LogP contribution in [0.3, 0.4) is 0 Å². The molecule has 0 aromatic carbocycles. The molecule has 0 radical (unpaired) electrons. The van der Waals surface area contributed by atoms with Gasteiger partial charge in [-0.2, -0.15) is 0 Å². The highest BCUT2D eigenvalue weighted by molar-refractivity contribution is 5.67. The van der Waals surface area contributed by atoms with Crippen LogP contribution in [0.2, 0.25) is 0 Å². The van der Waals surface area contributed by atoms with E-state index >= 15 is 0 Å². The quantitative estimate of drug-likeness (QED) is 0.901. The van der Waals surface area contributed by atoms with Crippen LogP contribution in [-0.4, -0.2) is 19.1 Å². The van der Waals surface area contributed by atoms with Crippen LogP contribution < -0.4 is 5.73 Å². The molecule has 0 amide bonds. The molecule has 18 heavy (non-hydrogen) atoms. The summed E-state index contributed by atoms with van der Waals surface area (Å²) < 4.78 is 4.13. The Morgan fingerprint density at radius 2 is 2.11 bits per heavy atom. The first-order valence-electron chi connectivity index (χ1n) is 6.37. The second-order valence-electron chi connectivity index (χ2n) is 4.96. The highest BCUT2D eigenvalue weighted by atomic mass is 15.2. The van der Waals surface area contributed by atoms with Crippen molar-refractivity contribution in [1.29, 1.82) is 0 Å². The van der Waals surface area contributed by atoms with Gasteiger partial charge in [0, 0.05) is 13.1 Å². The van der Waals surface area contributed by atoms with E-state index in [2.05, 4.69) is 39.9 Å². The fourth-order valence-corrected chi connectivity index (χ4v) is 2.14. The zero-order chi connectivity index (χ0) is 13.3. The Kier molecular flexibility index (Phi) is 3.41. The lowest BCUT2D eigenvalue weighted by molar-refractivity contribution is 0.518. The average molecular weight is 247 g/mol. The molecule has 0 saturated carbocycles. The van der Waals surface area contributed by atoms with Gasteiger partial charge in [-0.15, -0.1) is 0 Å². The second kappa shape index (κ2) is 4.84. The maximum atomic E-state index is 6.23. The molecule has 2 aromatic rings. The number of hydrogen-bond donors (Lipinski definition) is 1. The summed E-state index contributed by atoms with van der Waals surface area (Å²) in [4.78, 5) is 8.76. The molecule has 5 nitrogen and oxygen atoms in total. The highest BCUT2D eigenvalue weighted by Gasteiger charge is 2.16. The van der Waals surface area contributed by atoms with E-state index in [-0.39, 0.29) is 0 Å². The van der Waals surface area contributed by atoms with E-state index < -0.39 is 0 Å². The van der Waals surface area contributed by atoms with Crippen molar-refractivity contribution >= 4 is 5.82 Å². The molecule has 0 saturated heterocycles. The summed E-state index contributed by atoms with van der Waals surface area (Å²) in [5.74, 6) is 2.24. The van der Waals surface area contributed by atoms with Gasteiger partial charge >= 0.3 is 0 Å². The first-order valence-corrected chi connectivity index (χ1v) is 6.37. The zero-order valence-corrected chi connectivity index (χ0v) is 11.5. The number of nitrogen functional groups attached to an aromatic ring is 1. The Labute approximate surface area is 108 Å². The summed E-state index contributed by atoms with van der Waals surface area (Å²) in [6.07, 6.45) is 3.63. The molecule has 5 heteroatoms. The highest BCUT2D eigenvalue weighted by Crippen LogP contribution is 2.26. The number of aryl methyl sites for hydroxylation is 2. The zero-order valence-electron chi connectivity index (χ0n) is 11.5. The van der Waals surface area contributed by atoms with Crippen LogP contribution in [0.4, 0.5) is 5.82 Å². The van der Waals surface area contributed by atoms with Gasteiger partial charge in [0.1, 0.15) is 17.3 Å². The summed E-state index contributed by atoms with van der Waals surface area (Å²) in [6.45, 7) is 10.2. The number of rotatable bonds is 4. The topological polar surface area (TPSA) is 61.7 Å². The van der Waals surface area contributed by atoms with E-state index in [0.29, 0.717) is 5.92 Å². The minimum Gasteiger partial charge on any atom is -0.383 e. The van der Waals surface area contributed by atoms with Crippen molar-refractivity contribution < 1.29 is 0 Å². The molecule has 0 atom stereocenters. The van der Waals surface area contributed by atoms with Gasteiger partial charge in [-0.25, -0.2) is 9.97 Å². The van der Waals surface area contributed by atoms with E-state index in [9.17, 15) is 0 Å². The minimum absolute atomic E-state index is 0.545. The van der Waals surface area contributed by atoms with Crippen molar-refractivity contribution in [2.75, 3.05) is 5.73 Å². The Hall–Kier alpha value is -1.78. The molecule has 2 heterocycles. The molecule has 0 aliphatic rings. The Bertz CT molecular complexity index is 536. The maximum absolute atomic E-state index is 6.23. The molecule has 0 fully saturated rings. The van der Waals surface area contributed by atoms with Gasteiger partial charge in [0.05, 0.1) is 18.2 Å². The lowest BCUT2D eigenvalue weighted by atomic mass is 10.2. The van der Waals surface area contributed by atoms with Crippen LogP contribution in [0.25, 0.3) is 11.4 Å². The molecule has 0 aliphatic heterocycles. The predicted octanol–water partition coefficient (Wildman–Crippen LogP) is 2.31. The smallest absolute Gasteiger partial charge is 0.133 e. The Morgan fingerprint density at radius 3 is 2.72 bits per heavy atom. The largest absolute Gasteiger partial charge is 0.383 e. The molecular formula is C13H21N5. The Balaban J connectivity index is 2.47. The minimum atomic E-state index is 0.545. The first kappa shape index (κ1) is 12.7. The number of hydrogen-bond acceptors (Lipinski definition) is 3. The van der Waals surface area contributed by atoms with Gasteiger partial charge < -0.3 is 14.9 Å². The molecule has 0 spiro atoms. The van der Waals surface area contributed by atoms with Crippen molar-refractivity contribution in [1.82, 2.24) is 19.1 Å².